The monoisotopic (exact) mass is 507 g/mol. The summed E-state index contributed by atoms with van der Waals surface area (Å²) in [5.74, 6) is -1.16. The molecule has 0 spiro atoms. The Morgan fingerprint density at radius 3 is 2.67 bits per heavy atom. The van der Waals surface area contributed by atoms with E-state index in [2.05, 4.69) is 11.1 Å². The van der Waals surface area contributed by atoms with E-state index in [0.717, 1.165) is 36.9 Å². The van der Waals surface area contributed by atoms with Gasteiger partial charge in [-0.25, -0.2) is 4.98 Å². The lowest BCUT2D eigenvalue weighted by atomic mass is 9.82. The van der Waals surface area contributed by atoms with Crippen LogP contribution in [0.15, 0.2) is 36.5 Å². The molecule has 1 N–H and O–H groups in total. The van der Waals surface area contributed by atoms with Crippen LogP contribution in [0.5, 0.6) is 0 Å². The number of rotatable bonds is 9. The van der Waals surface area contributed by atoms with E-state index in [4.69, 9.17) is 21.4 Å². The number of halogens is 1. The van der Waals surface area contributed by atoms with Gasteiger partial charge < -0.3 is 14.4 Å². The Balaban J connectivity index is 1.56. The van der Waals surface area contributed by atoms with Crippen LogP contribution in [0.3, 0.4) is 0 Å². The summed E-state index contributed by atoms with van der Waals surface area (Å²) in [7, 11) is 1.91. The number of aryl methyl sites for hydroxylation is 1. The van der Waals surface area contributed by atoms with Gasteiger partial charge in [0, 0.05) is 53.7 Å². The van der Waals surface area contributed by atoms with Gasteiger partial charge in [-0.15, -0.1) is 0 Å². The minimum Gasteiger partial charge on any atom is -0.481 e. The predicted octanol–water partition coefficient (Wildman–Crippen LogP) is 6.02. The quantitative estimate of drug-likeness (QED) is 0.355. The molecule has 1 fully saturated rings. The van der Waals surface area contributed by atoms with Gasteiger partial charge in [0.2, 0.25) is 0 Å². The summed E-state index contributed by atoms with van der Waals surface area (Å²) in [5.41, 5.74) is 3.61. The average Bonchev–Trinajstić information content (AvgIpc) is 3.14. The van der Waals surface area contributed by atoms with E-state index in [-0.39, 0.29) is 36.6 Å². The first kappa shape index (κ1) is 25.9. The number of hydrogen-bond donors (Lipinski definition) is 1. The lowest BCUT2D eigenvalue weighted by Gasteiger charge is -2.30. The molecule has 7 nitrogen and oxygen atoms in total. The smallest absolute Gasteiger partial charge is 0.303 e. The number of ether oxygens (including phenoxy) is 1. The first-order chi connectivity index (χ1) is 17.3. The van der Waals surface area contributed by atoms with Crippen LogP contribution in [-0.2, 0) is 23.2 Å². The molecule has 0 saturated heterocycles. The normalized spacial score (nSPS) is 18.6. The van der Waals surface area contributed by atoms with Gasteiger partial charge in [0.1, 0.15) is 11.7 Å². The van der Waals surface area contributed by atoms with E-state index >= 15 is 0 Å². The Bertz CT molecular complexity index is 1320. The van der Waals surface area contributed by atoms with Crippen LogP contribution in [0.1, 0.15) is 78.5 Å². The number of aromatic nitrogens is 2. The van der Waals surface area contributed by atoms with Gasteiger partial charge in [0.05, 0.1) is 18.3 Å². The maximum absolute atomic E-state index is 13.5. The molecule has 1 aliphatic rings. The summed E-state index contributed by atoms with van der Waals surface area (Å²) in [6.07, 6.45) is 5.18. The van der Waals surface area contributed by atoms with Crippen LogP contribution in [0.2, 0.25) is 5.02 Å². The zero-order valence-electron chi connectivity index (χ0n) is 20.5. The van der Waals surface area contributed by atoms with Crippen molar-refractivity contribution in [2.45, 2.75) is 64.1 Å². The molecule has 188 valence electrons. The number of aliphatic carboxylic acids is 1. The van der Waals surface area contributed by atoms with E-state index in [1.54, 1.807) is 13.0 Å². The Morgan fingerprint density at radius 1 is 1.25 bits per heavy atom. The van der Waals surface area contributed by atoms with Gasteiger partial charge in [-0.2, -0.15) is 5.26 Å². The Kier molecular flexibility index (Phi) is 8.07. The minimum atomic E-state index is -0.919. The molecule has 0 aliphatic heterocycles. The largest absolute Gasteiger partial charge is 0.481 e. The number of carbonyl (C=O) groups excluding carboxylic acids is 1. The SMILES string of the molecule is CC(CC(=O)O)CC(=O)c1c2cc(C#N)cnc2n(C)c1[C@H]1CC[C@H](OCc2cccc(Cl)c2)CC1. The van der Waals surface area contributed by atoms with Gasteiger partial charge in [-0.3, -0.25) is 9.59 Å². The molecule has 1 aromatic carbocycles. The van der Waals surface area contributed by atoms with Crippen molar-refractivity contribution in [2.75, 3.05) is 0 Å². The first-order valence-electron chi connectivity index (χ1n) is 12.3. The summed E-state index contributed by atoms with van der Waals surface area (Å²) in [5, 5.41) is 19.9. The number of ketones is 1. The first-order valence-corrected chi connectivity index (χ1v) is 12.6. The van der Waals surface area contributed by atoms with Crippen LogP contribution in [0.25, 0.3) is 11.0 Å². The fraction of sp³-hybridized carbons (Fsp3) is 0.429. The number of pyridine rings is 1. The summed E-state index contributed by atoms with van der Waals surface area (Å²) in [6, 6.07) is 11.5. The van der Waals surface area contributed by atoms with Gasteiger partial charge in [0.15, 0.2) is 5.78 Å². The van der Waals surface area contributed by atoms with Crippen molar-refractivity contribution in [3.63, 3.8) is 0 Å². The van der Waals surface area contributed by atoms with Crippen molar-refractivity contribution in [1.29, 1.82) is 5.26 Å². The third-order valence-electron chi connectivity index (χ3n) is 6.97. The highest BCUT2D eigenvalue weighted by molar-refractivity contribution is 6.30. The molecule has 1 atom stereocenters. The standard InChI is InChI=1S/C28H30ClN3O4/c1-17(11-25(34)35)10-24(33)26-23-13-19(14-30)15-31-28(23)32(2)27(26)20-6-8-22(9-7-20)36-16-18-4-3-5-21(29)12-18/h3-5,12-13,15,17,20,22H,6-11,16H2,1-2H3,(H,34,35)/t17?,20-,22-. The molecule has 0 bridgehead atoms. The number of hydrogen-bond acceptors (Lipinski definition) is 5. The van der Waals surface area contributed by atoms with E-state index in [1.807, 2.05) is 35.9 Å². The molecular weight excluding hydrogens is 478 g/mol. The molecule has 8 heteroatoms. The molecule has 3 aromatic rings. The second-order valence-corrected chi connectivity index (χ2v) is 10.2. The van der Waals surface area contributed by atoms with E-state index in [0.29, 0.717) is 33.8 Å². The lowest BCUT2D eigenvalue weighted by Crippen LogP contribution is -2.23. The number of carboxylic acid groups (broad SMARTS) is 1. The number of carbonyl (C=O) groups is 2. The van der Waals surface area contributed by atoms with Crippen molar-refractivity contribution in [2.24, 2.45) is 13.0 Å². The number of nitriles is 1. The molecule has 1 saturated carbocycles. The van der Waals surface area contributed by atoms with E-state index in [1.165, 1.54) is 6.20 Å². The number of carboxylic acids is 1. The Labute approximate surface area is 215 Å². The zero-order valence-corrected chi connectivity index (χ0v) is 21.3. The molecule has 1 aliphatic carbocycles. The maximum Gasteiger partial charge on any atom is 0.303 e. The van der Waals surface area contributed by atoms with Crippen LogP contribution < -0.4 is 0 Å². The summed E-state index contributed by atoms with van der Waals surface area (Å²) in [6.45, 7) is 2.29. The summed E-state index contributed by atoms with van der Waals surface area (Å²) < 4.78 is 8.13. The van der Waals surface area contributed by atoms with Crippen molar-refractivity contribution >= 4 is 34.4 Å². The van der Waals surface area contributed by atoms with Crippen molar-refractivity contribution in [3.05, 3.63) is 63.9 Å². The van der Waals surface area contributed by atoms with Crippen LogP contribution in [0.4, 0.5) is 0 Å². The fourth-order valence-electron chi connectivity index (χ4n) is 5.29. The van der Waals surface area contributed by atoms with Crippen LogP contribution in [0, 0.1) is 17.2 Å². The predicted molar refractivity (Wildman–Crippen MR) is 137 cm³/mol. The number of fused-ring (bicyclic) bond motifs is 1. The topological polar surface area (TPSA) is 105 Å². The zero-order chi connectivity index (χ0) is 25.8. The van der Waals surface area contributed by atoms with Gasteiger partial charge >= 0.3 is 5.97 Å². The molecule has 1 unspecified atom stereocenters. The van der Waals surface area contributed by atoms with Crippen molar-refractivity contribution in [1.82, 2.24) is 9.55 Å². The Morgan fingerprint density at radius 2 is 2.00 bits per heavy atom. The second-order valence-electron chi connectivity index (χ2n) is 9.77. The summed E-state index contributed by atoms with van der Waals surface area (Å²) in [4.78, 5) is 29.2. The molecular formula is C28H30ClN3O4. The number of nitrogens with zero attached hydrogens (tertiary/aromatic N) is 3. The highest BCUT2D eigenvalue weighted by Gasteiger charge is 2.31. The van der Waals surface area contributed by atoms with Crippen molar-refractivity contribution < 1.29 is 19.4 Å². The van der Waals surface area contributed by atoms with Gasteiger partial charge in [0.25, 0.3) is 0 Å². The Hall–Kier alpha value is -3.21. The molecule has 2 heterocycles. The fourth-order valence-corrected chi connectivity index (χ4v) is 5.51. The minimum absolute atomic E-state index is 0.0669. The van der Waals surface area contributed by atoms with E-state index in [9.17, 15) is 14.9 Å². The third-order valence-corrected chi connectivity index (χ3v) is 7.21. The maximum atomic E-state index is 13.5. The van der Waals surface area contributed by atoms with Gasteiger partial charge in [-0.05, 0) is 55.4 Å². The third kappa shape index (κ3) is 5.77. The molecule has 36 heavy (non-hydrogen) atoms. The molecule has 0 radical (unpaired) electrons. The second kappa shape index (κ2) is 11.2. The highest BCUT2D eigenvalue weighted by atomic mass is 35.5. The van der Waals surface area contributed by atoms with Crippen molar-refractivity contribution in [3.8, 4) is 6.07 Å². The molecule has 4 rings (SSSR count). The van der Waals surface area contributed by atoms with Gasteiger partial charge in [-0.1, -0.05) is 30.7 Å². The average molecular weight is 508 g/mol. The molecule has 2 aromatic heterocycles. The van der Waals surface area contributed by atoms with Crippen LogP contribution in [-0.4, -0.2) is 32.5 Å². The highest BCUT2D eigenvalue weighted by Crippen LogP contribution is 2.40. The lowest BCUT2D eigenvalue weighted by molar-refractivity contribution is -0.137. The molecule has 0 amide bonds. The summed E-state index contributed by atoms with van der Waals surface area (Å²) >= 11 is 6.08. The van der Waals surface area contributed by atoms with Crippen LogP contribution >= 0.6 is 11.6 Å². The number of Topliss-reactive ketones (excluding diaryl/α,β-unsaturated/α-hetero) is 1. The number of benzene rings is 1. The van der Waals surface area contributed by atoms with E-state index < -0.39 is 5.97 Å².